The molecule has 2 heterocycles. The molecule has 1 amide bonds. The highest BCUT2D eigenvalue weighted by Gasteiger charge is 2.43. The summed E-state index contributed by atoms with van der Waals surface area (Å²) in [6.45, 7) is 2.14. The summed E-state index contributed by atoms with van der Waals surface area (Å²) >= 11 is 0. The Labute approximate surface area is 181 Å². The first-order chi connectivity index (χ1) is 15.1. The molecule has 1 saturated heterocycles. The standard InChI is InChI=1S/C25H26FN3O2/c1-27-24(30)25(15-19-7-9-21(10-8-19)22-5-3-11-28-16-22)18-29(12-13-31-25)17-20-4-2-6-23(26)14-20/h2-11,14,16H,12-13,15,17-18H2,1H3,(H,27,30)/t25-/m1/s1. The Morgan fingerprint density at radius 3 is 2.68 bits per heavy atom. The number of pyridine rings is 1. The Morgan fingerprint density at radius 2 is 1.97 bits per heavy atom. The SMILES string of the molecule is CNC(=O)[C@@]1(Cc2ccc(-c3cccnc3)cc2)CN(Cc2cccc(F)c2)CCO1. The van der Waals surface area contributed by atoms with E-state index in [2.05, 4.69) is 15.2 Å². The third-order valence-corrected chi connectivity index (χ3v) is 5.64. The number of rotatable bonds is 6. The number of likely N-dealkylation sites (N-methyl/N-ethyl adjacent to an activating group) is 1. The topological polar surface area (TPSA) is 54.5 Å². The van der Waals surface area contributed by atoms with Crippen LogP contribution in [0.4, 0.5) is 4.39 Å². The molecule has 0 radical (unpaired) electrons. The van der Waals surface area contributed by atoms with E-state index in [0.717, 1.165) is 22.3 Å². The number of hydrogen-bond donors (Lipinski definition) is 1. The van der Waals surface area contributed by atoms with Gasteiger partial charge in [0.1, 0.15) is 5.82 Å². The number of aromatic nitrogens is 1. The molecule has 2 aromatic carbocycles. The first-order valence-electron chi connectivity index (χ1n) is 10.4. The zero-order valence-corrected chi connectivity index (χ0v) is 17.6. The van der Waals surface area contributed by atoms with Gasteiger partial charge in [0, 0.05) is 45.5 Å². The predicted octanol–water partition coefficient (Wildman–Crippen LogP) is 3.45. The van der Waals surface area contributed by atoms with Crippen molar-refractivity contribution in [3.05, 3.63) is 90.0 Å². The smallest absolute Gasteiger partial charge is 0.253 e. The Balaban J connectivity index is 1.53. The maximum Gasteiger partial charge on any atom is 0.253 e. The third-order valence-electron chi connectivity index (χ3n) is 5.64. The van der Waals surface area contributed by atoms with Crippen LogP contribution in [0.1, 0.15) is 11.1 Å². The Kier molecular flexibility index (Phi) is 6.39. The van der Waals surface area contributed by atoms with Crippen LogP contribution in [-0.4, -0.2) is 48.1 Å². The van der Waals surface area contributed by atoms with Gasteiger partial charge >= 0.3 is 0 Å². The third kappa shape index (κ3) is 4.98. The van der Waals surface area contributed by atoms with Crippen molar-refractivity contribution in [2.24, 2.45) is 0 Å². The van der Waals surface area contributed by atoms with Crippen LogP contribution in [-0.2, 0) is 22.5 Å². The average Bonchev–Trinajstić information content (AvgIpc) is 2.80. The highest BCUT2D eigenvalue weighted by molar-refractivity contribution is 5.86. The Hall–Kier alpha value is -3.09. The van der Waals surface area contributed by atoms with Crippen molar-refractivity contribution in [3.63, 3.8) is 0 Å². The molecular formula is C25H26FN3O2. The number of amides is 1. The second-order valence-corrected chi connectivity index (χ2v) is 7.88. The molecule has 1 N–H and O–H groups in total. The summed E-state index contributed by atoms with van der Waals surface area (Å²) in [5.41, 5.74) is 3.03. The van der Waals surface area contributed by atoms with E-state index in [1.165, 1.54) is 12.1 Å². The lowest BCUT2D eigenvalue weighted by atomic mass is 9.90. The van der Waals surface area contributed by atoms with Gasteiger partial charge in [0.25, 0.3) is 5.91 Å². The fourth-order valence-electron chi connectivity index (χ4n) is 4.12. The molecule has 1 aliphatic heterocycles. The molecule has 0 unspecified atom stereocenters. The summed E-state index contributed by atoms with van der Waals surface area (Å²) in [4.78, 5) is 19.2. The first-order valence-corrected chi connectivity index (χ1v) is 10.4. The van der Waals surface area contributed by atoms with Gasteiger partial charge in [0.2, 0.25) is 0 Å². The monoisotopic (exact) mass is 419 g/mol. The van der Waals surface area contributed by atoms with Crippen molar-refractivity contribution in [2.45, 2.75) is 18.6 Å². The van der Waals surface area contributed by atoms with E-state index >= 15 is 0 Å². The molecule has 1 atom stereocenters. The molecule has 0 bridgehead atoms. The van der Waals surface area contributed by atoms with E-state index in [-0.39, 0.29) is 11.7 Å². The van der Waals surface area contributed by atoms with Crippen LogP contribution >= 0.6 is 0 Å². The number of carbonyl (C=O) groups excluding carboxylic acids is 1. The van der Waals surface area contributed by atoms with Gasteiger partial charge in [-0.25, -0.2) is 4.39 Å². The fourth-order valence-corrected chi connectivity index (χ4v) is 4.12. The quantitative estimate of drug-likeness (QED) is 0.665. The predicted molar refractivity (Wildman–Crippen MR) is 118 cm³/mol. The van der Waals surface area contributed by atoms with Crippen molar-refractivity contribution in [3.8, 4) is 11.1 Å². The molecule has 31 heavy (non-hydrogen) atoms. The summed E-state index contributed by atoms with van der Waals surface area (Å²) in [5, 5.41) is 2.77. The van der Waals surface area contributed by atoms with Crippen molar-refractivity contribution in [1.82, 2.24) is 15.2 Å². The highest BCUT2D eigenvalue weighted by atomic mass is 19.1. The van der Waals surface area contributed by atoms with Crippen LogP contribution in [0.15, 0.2) is 73.1 Å². The molecule has 6 heteroatoms. The summed E-state index contributed by atoms with van der Waals surface area (Å²) in [6.07, 6.45) is 4.04. The number of morpholine rings is 1. The van der Waals surface area contributed by atoms with Crippen LogP contribution in [0, 0.1) is 5.82 Å². The van der Waals surface area contributed by atoms with E-state index in [0.29, 0.717) is 32.7 Å². The first kappa shape index (κ1) is 21.2. The molecule has 0 aliphatic carbocycles. The van der Waals surface area contributed by atoms with Crippen molar-refractivity contribution in [2.75, 3.05) is 26.7 Å². The zero-order chi connectivity index (χ0) is 21.7. The van der Waals surface area contributed by atoms with Crippen molar-refractivity contribution >= 4 is 5.91 Å². The second kappa shape index (κ2) is 9.37. The molecule has 1 fully saturated rings. The number of nitrogens with one attached hydrogen (secondary N) is 1. The van der Waals surface area contributed by atoms with Crippen LogP contribution in [0.3, 0.4) is 0 Å². The largest absolute Gasteiger partial charge is 0.362 e. The van der Waals surface area contributed by atoms with Crippen molar-refractivity contribution in [1.29, 1.82) is 0 Å². The molecule has 0 spiro atoms. The molecule has 4 rings (SSSR count). The summed E-state index contributed by atoms with van der Waals surface area (Å²) in [6, 6.07) is 18.6. The molecular weight excluding hydrogens is 393 g/mol. The number of ether oxygens (including phenoxy) is 1. The number of halogens is 1. The molecule has 5 nitrogen and oxygen atoms in total. The molecule has 1 aromatic heterocycles. The molecule has 1 aliphatic rings. The van der Waals surface area contributed by atoms with Crippen molar-refractivity contribution < 1.29 is 13.9 Å². The minimum absolute atomic E-state index is 0.146. The zero-order valence-electron chi connectivity index (χ0n) is 17.6. The van der Waals surface area contributed by atoms with Gasteiger partial charge in [-0.05, 0) is 40.5 Å². The Bertz CT molecular complexity index is 1030. The number of benzene rings is 2. The minimum Gasteiger partial charge on any atom is -0.362 e. The van der Waals surface area contributed by atoms with E-state index in [1.807, 2.05) is 48.7 Å². The second-order valence-electron chi connectivity index (χ2n) is 7.88. The van der Waals surface area contributed by atoms with Gasteiger partial charge in [-0.2, -0.15) is 0 Å². The van der Waals surface area contributed by atoms with Crippen LogP contribution < -0.4 is 5.32 Å². The average molecular weight is 420 g/mol. The maximum atomic E-state index is 13.6. The lowest BCUT2D eigenvalue weighted by molar-refractivity contribution is -0.160. The van der Waals surface area contributed by atoms with Gasteiger partial charge in [-0.1, -0.05) is 42.5 Å². The number of carbonyl (C=O) groups is 1. The van der Waals surface area contributed by atoms with Gasteiger partial charge in [0.05, 0.1) is 6.61 Å². The van der Waals surface area contributed by atoms with Gasteiger partial charge in [0.15, 0.2) is 5.60 Å². The molecule has 3 aromatic rings. The highest BCUT2D eigenvalue weighted by Crippen LogP contribution is 2.27. The lowest BCUT2D eigenvalue weighted by Gasteiger charge is -2.41. The minimum atomic E-state index is -0.990. The van der Waals surface area contributed by atoms with Crippen LogP contribution in [0.2, 0.25) is 0 Å². The number of hydrogen-bond acceptors (Lipinski definition) is 4. The molecule has 160 valence electrons. The van der Waals surface area contributed by atoms with Crippen LogP contribution in [0.25, 0.3) is 11.1 Å². The van der Waals surface area contributed by atoms with E-state index < -0.39 is 5.60 Å². The summed E-state index contributed by atoms with van der Waals surface area (Å²) in [7, 11) is 1.63. The van der Waals surface area contributed by atoms with Gasteiger partial charge < -0.3 is 10.1 Å². The Morgan fingerprint density at radius 1 is 1.13 bits per heavy atom. The normalized spacial score (nSPS) is 19.2. The summed E-state index contributed by atoms with van der Waals surface area (Å²) < 4.78 is 19.7. The van der Waals surface area contributed by atoms with E-state index in [1.54, 1.807) is 19.3 Å². The van der Waals surface area contributed by atoms with Gasteiger partial charge in [-0.15, -0.1) is 0 Å². The summed E-state index contributed by atoms with van der Waals surface area (Å²) in [5.74, 6) is -0.398. The lowest BCUT2D eigenvalue weighted by Crippen LogP contribution is -2.60. The molecule has 0 saturated carbocycles. The van der Waals surface area contributed by atoms with E-state index in [4.69, 9.17) is 4.74 Å². The fraction of sp³-hybridized carbons (Fsp3) is 0.280. The maximum absolute atomic E-state index is 13.6. The number of nitrogens with zero attached hydrogens (tertiary/aromatic N) is 2. The van der Waals surface area contributed by atoms with Gasteiger partial charge in [-0.3, -0.25) is 14.7 Å². The van der Waals surface area contributed by atoms with Crippen LogP contribution in [0.5, 0.6) is 0 Å². The van der Waals surface area contributed by atoms with E-state index in [9.17, 15) is 9.18 Å².